The van der Waals surface area contributed by atoms with Crippen LogP contribution in [0.25, 0.3) is 0 Å². The van der Waals surface area contributed by atoms with Crippen molar-refractivity contribution in [2.45, 2.75) is 29.3 Å². The fraction of sp³-hybridized carbons (Fsp3) is 0.250. The van der Waals surface area contributed by atoms with Crippen LogP contribution in [0.2, 0.25) is 0 Å². The van der Waals surface area contributed by atoms with Crippen LogP contribution in [0, 0.1) is 0 Å². The summed E-state index contributed by atoms with van der Waals surface area (Å²) in [5, 5.41) is 0. The van der Waals surface area contributed by atoms with Crippen molar-refractivity contribution in [1.82, 2.24) is 13.9 Å². The van der Waals surface area contributed by atoms with Crippen molar-refractivity contribution < 1.29 is 16.8 Å². The smallest absolute Gasteiger partial charge is 0.244 e. The standard InChI is InChI=1S/C24H27N3O4S2/c28-32(29,25-18-21-8-3-1-4-9-21)23-12-14-24(15-13-23)33(30,31)27-17-7-16-26(20-27)19-22-10-5-2-6-11-22/h1-6,8-15,25H,7,16-20H2. The van der Waals surface area contributed by atoms with Crippen LogP contribution in [0.15, 0.2) is 94.7 Å². The van der Waals surface area contributed by atoms with Gasteiger partial charge in [-0.05, 0) is 41.8 Å². The topological polar surface area (TPSA) is 86.8 Å². The predicted octanol–water partition coefficient (Wildman–Crippen LogP) is 3.02. The summed E-state index contributed by atoms with van der Waals surface area (Å²) >= 11 is 0. The van der Waals surface area contributed by atoms with Gasteiger partial charge in [-0.1, -0.05) is 60.7 Å². The number of hydrogen-bond donors (Lipinski definition) is 1. The molecule has 0 saturated carbocycles. The molecule has 0 aromatic heterocycles. The summed E-state index contributed by atoms with van der Waals surface area (Å²) < 4.78 is 55.6. The van der Waals surface area contributed by atoms with Crippen LogP contribution < -0.4 is 4.72 Å². The molecule has 0 spiro atoms. The second-order valence-corrected chi connectivity index (χ2v) is 11.7. The molecule has 1 aliphatic rings. The summed E-state index contributed by atoms with van der Waals surface area (Å²) in [6.45, 7) is 2.40. The lowest BCUT2D eigenvalue weighted by molar-refractivity contribution is 0.140. The number of nitrogens with zero attached hydrogens (tertiary/aromatic N) is 2. The summed E-state index contributed by atoms with van der Waals surface area (Å²) in [5.41, 5.74) is 1.97. The Morgan fingerprint density at radius 1 is 0.697 bits per heavy atom. The maximum atomic E-state index is 13.2. The van der Waals surface area contributed by atoms with Crippen molar-refractivity contribution in [2.75, 3.05) is 19.8 Å². The minimum absolute atomic E-state index is 0.0294. The molecule has 0 unspecified atom stereocenters. The van der Waals surface area contributed by atoms with E-state index in [9.17, 15) is 16.8 Å². The first-order chi connectivity index (χ1) is 15.8. The summed E-state index contributed by atoms with van der Waals surface area (Å²) in [5.74, 6) is 0. The van der Waals surface area contributed by atoms with Crippen molar-refractivity contribution in [3.05, 3.63) is 96.1 Å². The normalized spacial score (nSPS) is 16.0. The number of hydrogen-bond acceptors (Lipinski definition) is 5. The molecule has 0 atom stereocenters. The predicted molar refractivity (Wildman–Crippen MR) is 127 cm³/mol. The van der Waals surface area contributed by atoms with E-state index in [0.717, 1.165) is 24.1 Å². The average molecular weight is 486 g/mol. The Kier molecular flexibility index (Phi) is 7.26. The summed E-state index contributed by atoms with van der Waals surface area (Å²) in [7, 11) is -7.48. The van der Waals surface area contributed by atoms with Crippen LogP contribution in [-0.2, 0) is 33.1 Å². The molecule has 0 amide bonds. The lowest BCUT2D eigenvalue weighted by atomic mass is 10.2. The molecule has 3 aromatic carbocycles. The van der Waals surface area contributed by atoms with E-state index in [1.54, 1.807) is 0 Å². The Morgan fingerprint density at radius 2 is 1.27 bits per heavy atom. The van der Waals surface area contributed by atoms with Crippen LogP contribution in [0.1, 0.15) is 17.5 Å². The highest BCUT2D eigenvalue weighted by Crippen LogP contribution is 2.22. The third-order valence-electron chi connectivity index (χ3n) is 5.57. The van der Waals surface area contributed by atoms with Crippen molar-refractivity contribution >= 4 is 20.0 Å². The van der Waals surface area contributed by atoms with Crippen LogP contribution in [0.5, 0.6) is 0 Å². The van der Waals surface area contributed by atoms with E-state index in [-0.39, 0.29) is 16.3 Å². The van der Waals surface area contributed by atoms with Gasteiger partial charge < -0.3 is 0 Å². The zero-order valence-corrected chi connectivity index (χ0v) is 19.8. The Balaban J connectivity index is 1.43. The van der Waals surface area contributed by atoms with E-state index < -0.39 is 20.0 Å². The molecule has 1 heterocycles. The molecule has 0 bridgehead atoms. The van der Waals surface area contributed by atoms with Gasteiger partial charge in [-0.3, -0.25) is 4.90 Å². The molecule has 1 aliphatic heterocycles. The Morgan fingerprint density at radius 3 is 1.91 bits per heavy atom. The molecule has 3 aromatic rings. The van der Waals surface area contributed by atoms with Gasteiger partial charge in [0.1, 0.15) is 0 Å². The molecule has 7 nitrogen and oxygen atoms in total. The van der Waals surface area contributed by atoms with Crippen LogP contribution >= 0.6 is 0 Å². The minimum Gasteiger partial charge on any atom is -0.285 e. The van der Waals surface area contributed by atoms with Gasteiger partial charge in [0.05, 0.1) is 16.5 Å². The molecule has 1 fully saturated rings. The molecule has 1 N–H and O–H groups in total. The van der Waals surface area contributed by atoms with Gasteiger partial charge in [-0.15, -0.1) is 0 Å². The highest BCUT2D eigenvalue weighted by molar-refractivity contribution is 7.89. The quantitative estimate of drug-likeness (QED) is 0.530. The minimum atomic E-state index is -3.76. The molecule has 4 rings (SSSR count). The molecular formula is C24H27N3O4S2. The number of sulfonamides is 2. The van der Waals surface area contributed by atoms with Gasteiger partial charge in [-0.25, -0.2) is 21.6 Å². The number of rotatable bonds is 8. The first-order valence-corrected chi connectivity index (χ1v) is 13.7. The van der Waals surface area contributed by atoms with Gasteiger partial charge in [0.2, 0.25) is 20.0 Å². The summed E-state index contributed by atoms with van der Waals surface area (Å²) in [4.78, 5) is 2.22. The summed E-state index contributed by atoms with van der Waals surface area (Å²) in [6, 6.07) is 24.6. The number of nitrogens with one attached hydrogen (secondary N) is 1. The Bertz CT molecular complexity index is 1260. The first-order valence-electron chi connectivity index (χ1n) is 10.7. The van der Waals surface area contributed by atoms with E-state index in [0.29, 0.717) is 19.8 Å². The van der Waals surface area contributed by atoms with Crippen molar-refractivity contribution in [2.24, 2.45) is 0 Å². The maximum Gasteiger partial charge on any atom is 0.244 e. The first kappa shape index (κ1) is 23.6. The third-order valence-corrected chi connectivity index (χ3v) is 8.83. The van der Waals surface area contributed by atoms with Crippen molar-refractivity contribution in [1.29, 1.82) is 0 Å². The van der Waals surface area contributed by atoms with Gasteiger partial charge in [0.15, 0.2) is 0 Å². The van der Waals surface area contributed by atoms with Crippen molar-refractivity contribution in [3.8, 4) is 0 Å². The molecule has 174 valence electrons. The summed E-state index contributed by atoms with van der Waals surface area (Å²) in [6.07, 6.45) is 0.738. The lowest BCUT2D eigenvalue weighted by Crippen LogP contribution is -2.46. The SMILES string of the molecule is O=S(=O)(NCc1ccccc1)c1ccc(S(=O)(=O)N2CCCN(Cc3ccccc3)C2)cc1. The third kappa shape index (κ3) is 5.87. The zero-order valence-electron chi connectivity index (χ0n) is 18.2. The van der Waals surface area contributed by atoms with Gasteiger partial charge >= 0.3 is 0 Å². The van der Waals surface area contributed by atoms with Crippen molar-refractivity contribution in [3.63, 3.8) is 0 Å². The van der Waals surface area contributed by atoms with E-state index in [2.05, 4.69) is 9.62 Å². The molecule has 0 aliphatic carbocycles. The Labute approximate surface area is 195 Å². The van der Waals surface area contributed by atoms with Gasteiger partial charge in [0.25, 0.3) is 0 Å². The molecular weight excluding hydrogens is 458 g/mol. The maximum absolute atomic E-state index is 13.2. The highest BCUT2D eigenvalue weighted by atomic mass is 32.2. The van der Waals surface area contributed by atoms with E-state index in [1.807, 2.05) is 60.7 Å². The van der Waals surface area contributed by atoms with Gasteiger partial charge in [0, 0.05) is 26.2 Å². The lowest BCUT2D eigenvalue weighted by Gasteiger charge is -2.34. The fourth-order valence-corrected chi connectivity index (χ4v) is 6.28. The fourth-order valence-electron chi connectivity index (χ4n) is 3.80. The molecule has 0 radical (unpaired) electrons. The zero-order chi connectivity index (χ0) is 23.3. The highest BCUT2D eigenvalue weighted by Gasteiger charge is 2.29. The van der Waals surface area contributed by atoms with E-state index in [4.69, 9.17) is 0 Å². The average Bonchev–Trinajstić information content (AvgIpc) is 2.84. The van der Waals surface area contributed by atoms with E-state index in [1.165, 1.54) is 28.6 Å². The van der Waals surface area contributed by atoms with Crippen LogP contribution in [-0.4, -0.2) is 45.8 Å². The molecule has 33 heavy (non-hydrogen) atoms. The van der Waals surface area contributed by atoms with Crippen LogP contribution in [0.4, 0.5) is 0 Å². The second-order valence-electron chi connectivity index (χ2n) is 8.00. The van der Waals surface area contributed by atoms with Crippen LogP contribution in [0.3, 0.4) is 0 Å². The number of benzene rings is 3. The second kappa shape index (κ2) is 10.1. The van der Waals surface area contributed by atoms with Gasteiger partial charge in [-0.2, -0.15) is 4.31 Å². The molecule has 9 heteroatoms. The largest absolute Gasteiger partial charge is 0.285 e. The van der Waals surface area contributed by atoms with E-state index >= 15 is 0 Å². The Hall–Kier alpha value is -2.56. The monoisotopic (exact) mass is 485 g/mol. The molecule has 1 saturated heterocycles.